The summed E-state index contributed by atoms with van der Waals surface area (Å²) < 4.78 is 5.51. The largest absolute Gasteiger partial charge is 0.381 e. The molecule has 0 atom stereocenters. The smallest absolute Gasteiger partial charge is 0.0571 e. The number of rotatable bonds is 7. The van der Waals surface area contributed by atoms with Crippen molar-refractivity contribution < 1.29 is 4.74 Å². The Morgan fingerprint density at radius 3 is 1.90 bits per heavy atom. The van der Waals surface area contributed by atoms with Crippen molar-refractivity contribution in [3.63, 3.8) is 0 Å². The van der Waals surface area contributed by atoms with Gasteiger partial charge in [0.15, 0.2) is 0 Å². The minimum atomic E-state index is 0.571. The maximum atomic E-state index is 5.51. The SMILES string of the molecule is CCCCCC[C@H]1CC[C@H]([C@H]2CC[C@H](OC)CC2)CC1. The first-order valence-electron chi connectivity index (χ1n) is 9.36. The Hall–Kier alpha value is -0.0400. The molecule has 0 spiro atoms. The van der Waals surface area contributed by atoms with E-state index in [-0.39, 0.29) is 0 Å². The second-order valence-corrected chi connectivity index (χ2v) is 7.40. The van der Waals surface area contributed by atoms with Gasteiger partial charge in [-0.05, 0) is 56.3 Å². The van der Waals surface area contributed by atoms with E-state index in [9.17, 15) is 0 Å². The molecule has 1 nitrogen and oxygen atoms in total. The first-order chi connectivity index (χ1) is 9.83. The van der Waals surface area contributed by atoms with Crippen LogP contribution in [0.4, 0.5) is 0 Å². The Kier molecular flexibility index (Phi) is 7.41. The summed E-state index contributed by atoms with van der Waals surface area (Å²) in [5.41, 5.74) is 0. The summed E-state index contributed by atoms with van der Waals surface area (Å²) in [7, 11) is 1.88. The van der Waals surface area contributed by atoms with Crippen LogP contribution in [0, 0.1) is 17.8 Å². The third kappa shape index (κ3) is 5.06. The minimum Gasteiger partial charge on any atom is -0.381 e. The topological polar surface area (TPSA) is 9.23 Å². The van der Waals surface area contributed by atoms with Gasteiger partial charge < -0.3 is 4.74 Å². The molecule has 0 unspecified atom stereocenters. The third-order valence-electron chi connectivity index (χ3n) is 6.08. The fraction of sp³-hybridized carbons (Fsp3) is 1.00. The molecule has 0 aromatic carbocycles. The number of ether oxygens (including phenoxy) is 1. The molecule has 2 aliphatic carbocycles. The van der Waals surface area contributed by atoms with Gasteiger partial charge in [-0.3, -0.25) is 0 Å². The molecular weight excluding hydrogens is 244 g/mol. The van der Waals surface area contributed by atoms with Crippen molar-refractivity contribution in [2.75, 3.05) is 7.11 Å². The van der Waals surface area contributed by atoms with Gasteiger partial charge >= 0.3 is 0 Å². The van der Waals surface area contributed by atoms with Crippen LogP contribution < -0.4 is 0 Å². The average Bonchev–Trinajstić information content (AvgIpc) is 2.52. The van der Waals surface area contributed by atoms with E-state index >= 15 is 0 Å². The zero-order valence-electron chi connectivity index (χ0n) is 13.9. The van der Waals surface area contributed by atoms with Crippen molar-refractivity contribution in [3.05, 3.63) is 0 Å². The van der Waals surface area contributed by atoms with E-state index in [0.717, 1.165) is 17.8 Å². The molecule has 0 amide bonds. The van der Waals surface area contributed by atoms with Crippen LogP contribution in [0.2, 0.25) is 0 Å². The zero-order valence-corrected chi connectivity index (χ0v) is 13.9. The third-order valence-corrected chi connectivity index (χ3v) is 6.08. The Morgan fingerprint density at radius 1 is 0.750 bits per heavy atom. The van der Waals surface area contributed by atoms with Crippen molar-refractivity contribution in [1.29, 1.82) is 0 Å². The maximum absolute atomic E-state index is 5.51. The lowest BCUT2D eigenvalue weighted by molar-refractivity contribution is 0.0391. The molecule has 2 aliphatic rings. The second-order valence-electron chi connectivity index (χ2n) is 7.40. The lowest BCUT2D eigenvalue weighted by atomic mass is 9.70. The van der Waals surface area contributed by atoms with Gasteiger partial charge in [-0.2, -0.15) is 0 Å². The standard InChI is InChI=1S/C19H36O/c1-3-4-5-6-7-16-8-10-17(11-9-16)18-12-14-19(20-2)15-13-18/h16-19H,3-15H2,1-2H3/t16-,17-,18-,19-. The summed E-state index contributed by atoms with van der Waals surface area (Å²) in [6.45, 7) is 2.31. The normalized spacial score (nSPS) is 35.1. The van der Waals surface area contributed by atoms with Crippen LogP contribution in [0.3, 0.4) is 0 Å². The van der Waals surface area contributed by atoms with E-state index in [1.165, 1.54) is 83.5 Å². The number of methoxy groups -OCH3 is 1. The van der Waals surface area contributed by atoms with E-state index in [4.69, 9.17) is 4.74 Å². The lowest BCUT2D eigenvalue weighted by Gasteiger charge is -2.37. The lowest BCUT2D eigenvalue weighted by Crippen LogP contribution is -2.28. The molecule has 0 bridgehead atoms. The molecule has 0 radical (unpaired) electrons. The molecule has 0 aliphatic heterocycles. The highest BCUT2D eigenvalue weighted by Crippen LogP contribution is 2.41. The monoisotopic (exact) mass is 280 g/mol. The molecule has 0 aromatic heterocycles. The van der Waals surface area contributed by atoms with Crippen molar-refractivity contribution in [2.24, 2.45) is 17.8 Å². The van der Waals surface area contributed by atoms with Gasteiger partial charge in [0.05, 0.1) is 6.10 Å². The van der Waals surface area contributed by atoms with Crippen LogP contribution in [0.15, 0.2) is 0 Å². The van der Waals surface area contributed by atoms with E-state index in [0.29, 0.717) is 6.10 Å². The van der Waals surface area contributed by atoms with Gasteiger partial charge in [0.1, 0.15) is 0 Å². The van der Waals surface area contributed by atoms with E-state index in [2.05, 4.69) is 6.92 Å². The first kappa shape index (κ1) is 16.3. The van der Waals surface area contributed by atoms with Gasteiger partial charge in [-0.25, -0.2) is 0 Å². The minimum absolute atomic E-state index is 0.571. The van der Waals surface area contributed by atoms with E-state index < -0.39 is 0 Å². The molecular formula is C19H36O. The summed E-state index contributed by atoms with van der Waals surface area (Å²) in [4.78, 5) is 0. The molecule has 2 fully saturated rings. The number of hydrogen-bond donors (Lipinski definition) is 0. The van der Waals surface area contributed by atoms with Gasteiger partial charge in [0, 0.05) is 7.11 Å². The molecule has 118 valence electrons. The highest BCUT2D eigenvalue weighted by molar-refractivity contribution is 4.82. The maximum Gasteiger partial charge on any atom is 0.0571 e. The van der Waals surface area contributed by atoms with Crippen molar-refractivity contribution in [3.8, 4) is 0 Å². The number of hydrogen-bond acceptors (Lipinski definition) is 1. The van der Waals surface area contributed by atoms with Crippen LogP contribution in [0.1, 0.15) is 90.4 Å². The second kappa shape index (κ2) is 9.07. The molecule has 2 rings (SSSR count). The van der Waals surface area contributed by atoms with E-state index in [1.807, 2.05) is 7.11 Å². The Bertz CT molecular complexity index is 234. The summed E-state index contributed by atoms with van der Waals surface area (Å²) in [5, 5.41) is 0. The van der Waals surface area contributed by atoms with Crippen molar-refractivity contribution >= 4 is 0 Å². The quantitative estimate of drug-likeness (QED) is 0.522. The van der Waals surface area contributed by atoms with Gasteiger partial charge in [-0.15, -0.1) is 0 Å². The van der Waals surface area contributed by atoms with Crippen LogP contribution >= 0.6 is 0 Å². The van der Waals surface area contributed by atoms with E-state index in [1.54, 1.807) is 0 Å². The Balaban J connectivity index is 1.59. The van der Waals surface area contributed by atoms with Crippen LogP contribution in [-0.2, 0) is 4.74 Å². The zero-order chi connectivity index (χ0) is 14.2. The molecule has 0 saturated heterocycles. The van der Waals surface area contributed by atoms with Crippen molar-refractivity contribution in [1.82, 2.24) is 0 Å². The van der Waals surface area contributed by atoms with Crippen LogP contribution in [0.25, 0.3) is 0 Å². The summed E-state index contributed by atoms with van der Waals surface area (Å²) in [6.07, 6.45) is 19.5. The Labute approximate surface area is 126 Å². The summed E-state index contributed by atoms with van der Waals surface area (Å²) in [5.74, 6) is 3.15. The van der Waals surface area contributed by atoms with Gasteiger partial charge in [-0.1, -0.05) is 51.9 Å². The molecule has 2 saturated carbocycles. The highest BCUT2D eigenvalue weighted by atomic mass is 16.5. The molecule has 0 N–H and O–H groups in total. The molecule has 20 heavy (non-hydrogen) atoms. The fourth-order valence-corrected chi connectivity index (χ4v) is 4.60. The van der Waals surface area contributed by atoms with Gasteiger partial charge in [0.2, 0.25) is 0 Å². The predicted octanol–water partition coefficient (Wildman–Crippen LogP) is 5.97. The van der Waals surface area contributed by atoms with Crippen molar-refractivity contribution in [2.45, 2.75) is 96.5 Å². The molecule has 1 heteroatoms. The fourth-order valence-electron chi connectivity index (χ4n) is 4.60. The summed E-state index contributed by atoms with van der Waals surface area (Å²) in [6, 6.07) is 0. The highest BCUT2D eigenvalue weighted by Gasteiger charge is 2.30. The number of unbranched alkanes of at least 4 members (excludes halogenated alkanes) is 3. The first-order valence-corrected chi connectivity index (χ1v) is 9.36. The summed E-state index contributed by atoms with van der Waals surface area (Å²) >= 11 is 0. The van der Waals surface area contributed by atoms with Crippen LogP contribution in [0.5, 0.6) is 0 Å². The predicted molar refractivity (Wildman–Crippen MR) is 87.0 cm³/mol. The van der Waals surface area contributed by atoms with Crippen LogP contribution in [-0.4, -0.2) is 13.2 Å². The van der Waals surface area contributed by atoms with Gasteiger partial charge in [0.25, 0.3) is 0 Å². The molecule has 0 aromatic rings. The Morgan fingerprint density at radius 2 is 1.35 bits per heavy atom. The molecule has 0 heterocycles. The average molecular weight is 280 g/mol.